The van der Waals surface area contributed by atoms with Crippen molar-refractivity contribution in [3.63, 3.8) is 0 Å². The van der Waals surface area contributed by atoms with Gasteiger partial charge in [-0.15, -0.1) is 0 Å². The molecule has 0 fully saturated rings. The van der Waals surface area contributed by atoms with Crippen molar-refractivity contribution in [2.24, 2.45) is 0 Å². The molecule has 4 heteroatoms. The van der Waals surface area contributed by atoms with E-state index in [1.54, 1.807) is 0 Å². The Morgan fingerprint density at radius 3 is 1.94 bits per heavy atom. The topological polar surface area (TPSA) is 50.7 Å². The third kappa shape index (κ3) is 2.16. The van der Waals surface area contributed by atoms with Gasteiger partial charge in [0.2, 0.25) is 0 Å². The normalized spacial score (nSPS) is 10.2. The Morgan fingerprint density at radius 1 is 0.875 bits per heavy atom. The number of nitrogens with one attached hydrogen (secondary N) is 1. The van der Waals surface area contributed by atoms with Crippen LogP contribution < -0.4 is 5.32 Å². The molecule has 4 nitrogen and oxygen atoms in total. The van der Waals surface area contributed by atoms with Gasteiger partial charge in [0.05, 0.1) is 0 Å². The molecule has 0 aliphatic heterocycles. The first-order chi connectivity index (χ1) is 7.69. The van der Waals surface area contributed by atoms with Gasteiger partial charge >= 0.3 is 0 Å². The molecule has 1 N–H and O–H groups in total. The molecule has 1 heterocycles. The molecule has 82 valence electrons. The predicted molar refractivity (Wildman–Crippen MR) is 64.3 cm³/mol. The van der Waals surface area contributed by atoms with Crippen LogP contribution in [0.4, 0.5) is 5.69 Å². The van der Waals surface area contributed by atoms with E-state index in [1.165, 1.54) is 0 Å². The van der Waals surface area contributed by atoms with Crippen LogP contribution in [0.25, 0.3) is 11.4 Å². The standard InChI is InChI=1S/C12H14N4/c1-8-14-9(2)16-12(15-8)10-4-6-11(13-3)7-5-10/h4-7,13H,1-3H3. The molecule has 0 bridgehead atoms. The summed E-state index contributed by atoms with van der Waals surface area (Å²) in [6.45, 7) is 3.75. The smallest absolute Gasteiger partial charge is 0.163 e. The lowest BCUT2D eigenvalue weighted by Crippen LogP contribution is -1.98. The Hall–Kier alpha value is -1.97. The summed E-state index contributed by atoms with van der Waals surface area (Å²) in [6.07, 6.45) is 0. The van der Waals surface area contributed by atoms with Crippen molar-refractivity contribution in [3.8, 4) is 11.4 Å². The molecule has 1 aromatic carbocycles. The van der Waals surface area contributed by atoms with Crippen LogP contribution in [-0.4, -0.2) is 22.0 Å². The predicted octanol–water partition coefficient (Wildman–Crippen LogP) is 2.20. The molecular weight excluding hydrogens is 200 g/mol. The first kappa shape index (κ1) is 10.5. The third-order valence-electron chi connectivity index (χ3n) is 2.29. The van der Waals surface area contributed by atoms with Gasteiger partial charge < -0.3 is 5.32 Å². The summed E-state index contributed by atoms with van der Waals surface area (Å²) in [6, 6.07) is 8.01. The summed E-state index contributed by atoms with van der Waals surface area (Å²) in [5.41, 5.74) is 2.08. The number of benzene rings is 1. The summed E-state index contributed by atoms with van der Waals surface area (Å²) in [5.74, 6) is 2.23. The zero-order valence-corrected chi connectivity index (χ0v) is 9.65. The molecule has 0 aliphatic rings. The highest BCUT2D eigenvalue weighted by atomic mass is 15.0. The van der Waals surface area contributed by atoms with Gasteiger partial charge in [0.1, 0.15) is 11.6 Å². The molecule has 0 saturated heterocycles. The van der Waals surface area contributed by atoms with Crippen molar-refractivity contribution < 1.29 is 0 Å². The highest BCUT2D eigenvalue weighted by Crippen LogP contribution is 2.17. The van der Waals surface area contributed by atoms with Gasteiger partial charge in [-0.2, -0.15) is 0 Å². The van der Waals surface area contributed by atoms with E-state index in [4.69, 9.17) is 0 Å². The molecule has 0 saturated carbocycles. The number of nitrogens with zero attached hydrogens (tertiary/aromatic N) is 3. The Morgan fingerprint density at radius 2 is 1.44 bits per heavy atom. The molecule has 2 aromatic rings. The monoisotopic (exact) mass is 214 g/mol. The lowest BCUT2D eigenvalue weighted by molar-refractivity contribution is 0.928. The Bertz CT molecular complexity index is 471. The quantitative estimate of drug-likeness (QED) is 0.832. The van der Waals surface area contributed by atoms with Crippen molar-refractivity contribution in [2.75, 3.05) is 12.4 Å². The van der Waals surface area contributed by atoms with E-state index in [0.29, 0.717) is 0 Å². The Kier molecular flexibility index (Phi) is 2.81. The number of anilines is 1. The van der Waals surface area contributed by atoms with Gasteiger partial charge in [0.25, 0.3) is 0 Å². The molecule has 2 rings (SSSR count). The van der Waals surface area contributed by atoms with E-state index < -0.39 is 0 Å². The summed E-state index contributed by atoms with van der Waals surface area (Å²) < 4.78 is 0. The maximum absolute atomic E-state index is 4.32. The van der Waals surface area contributed by atoms with Gasteiger partial charge in [-0.1, -0.05) is 0 Å². The van der Waals surface area contributed by atoms with Gasteiger partial charge in [-0.05, 0) is 38.1 Å². The number of aromatic nitrogens is 3. The van der Waals surface area contributed by atoms with E-state index >= 15 is 0 Å². The van der Waals surface area contributed by atoms with Crippen molar-refractivity contribution in [3.05, 3.63) is 35.9 Å². The highest BCUT2D eigenvalue weighted by molar-refractivity contribution is 5.59. The third-order valence-corrected chi connectivity index (χ3v) is 2.29. The van der Waals surface area contributed by atoms with Crippen LogP contribution >= 0.6 is 0 Å². The lowest BCUT2D eigenvalue weighted by atomic mass is 10.2. The summed E-state index contributed by atoms with van der Waals surface area (Å²) >= 11 is 0. The van der Waals surface area contributed by atoms with Gasteiger partial charge in [-0.3, -0.25) is 0 Å². The fourth-order valence-corrected chi connectivity index (χ4v) is 1.53. The lowest BCUT2D eigenvalue weighted by Gasteiger charge is -2.04. The van der Waals surface area contributed by atoms with E-state index in [1.807, 2.05) is 45.2 Å². The van der Waals surface area contributed by atoms with Crippen LogP contribution in [0.2, 0.25) is 0 Å². The molecule has 16 heavy (non-hydrogen) atoms. The van der Waals surface area contributed by atoms with Crippen LogP contribution in [0, 0.1) is 13.8 Å². The molecule has 0 radical (unpaired) electrons. The molecular formula is C12H14N4. The summed E-state index contributed by atoms with van der Waals surface area (Å²) in [7, 11) is 1.90. The van der Waals surface area contributed by atoms with Gasteiger partial charge in [0.15, 0.2) is 5.82 Å². The molecule has 0 unspecified atom stereocenters. The average Bonchev–Trinajstić information content (AvgIpc) is 2.28. The van der Waals surface area contributed by atoms with E-state index in [9.17, 15) is 0 Å². The number of rotatable bonds is 2. The minimum absolute atomic E-state index is 0.729. The van der Waals surface area contributed by atoms with E-state index in [-0.39, 0.29) is 0 Å². The van der Waals surface area contributed by atoms with Crippen molar-refractivity contribution in [1.29, 1.82) is 0 Å². The fourth-order valence-electron chi connectivity index (χ4n) is 1.53. The minimum Gasteiger partial charge on any atom is -0.388 e. The van der Waals surface area contributed by atoms with Crippen LogP contribution in [-0.2, 0) is 0 Å². The number of hydrogen-bond acceptors (Lipinski definition) is 4. The summed E-state index contributed by atoms with van der Waals surface area (Å²) in [5, 5.41) is 3.08. The van der Waals surface area contributed by atoms with Crippen LogP contribution in [0.1, 0.15) is 11.6 Å². The van der Waals surface area contributed by atoms with Crippen molar-refractivity contribution >= 4 is 5.69 Å². The molecule has 0 spiro atoms. The minimum atomic E-state index is 0.729. The summed E-state index contributed by atoms with van der Waals surface area (Å²) in [4.78, 5) is 12.8. The number of aryl methyl sites for hydroxylation is 2. The van der Waals surface area contributed by atoms with Crippen LogP contribution in [0.3, 0.4) is 0 Å². The second kappa shape index (κ2) is 4.26. The average molecular weight is 214 g/mol. The van der Waals surface area contributed by atoms with Gasteiger partial charge in [-0.25, -0.2) is 15.0 Å². The molecule has 0 atom stereocenters. The highest BCUT2D eigenvalue weighted by Gasteiger charge is 2.03. The number of hydrogen-bond donors (Lipinski definition) is 1. The fraction of sp³-hybridized carbons (Fsp3) is 0.250. The first-order valence-corrected chi connectivity index (χ1v) is 5.16. The maximum Gasteiger partial charge on any atom is 0.163 e. The largest absolute Gasteiger partial charge is 0.388 e. The zero-order valence-electron chi connectivity index (χ0n) is 9.65. The first-order valence-electron chi connectivity index (χ1n) is 5.16. The van der Waals surface area contributed by atoms with Gasteiger partial charge in [0, 0.05) is 18.3 Å². The molecule has 0 aliphatic carbocycles. The second-order valence-electron chi connectivity index (χ2n) is 3.58. The van der Waals surface area contributed by atoms with E-state index in [2.05, 4.69) is 20.3 Å². The molecule has 1 aromatic heterocycles. The van der Waals surface area contributed by atoms with Crippen molar-refractivity contribution in [1.82, 2.24) is 15.0 Å². The molecule has 0 amide bonds. The Balaban J connectivity index is 2.42. The van der Waals surface area contributed by atoms with Crippen LogP contribution in [0.5, 0.6) is 0 Å². The Labute approximate surface area is 94.8 Å². The second-order valence-corrected chi connectivity index (χ2v) is 3.58. The zero-order chi connectivity index (χ0) is 11.5. The maximum atomic E-state index is 4.32. The van der Waals surface area contributed by atoms with E-state index in [0.717, 1.165) is 28.7 Å². The van der Waals surface area contributed by atoms with Crippen molar-refractivity contribution in [2.45, 2.75) is 13.8 Å². The van der Waals surface area contributed by atoms with Crippen LogP contribution in [0.15, 0.2) is 24.3 Å². The SMILES string of the molecule is CNc1ccc(-c2nc(C)nc(C)n2)cc1.